The quantitative estimate of drug-likeness (QED) is 0.909. The first kappa shape index (κ1) is 13.5. The third-order valence-electron chi connectivity index (χ3n) is 3.37. The van der Waals surface area contributed by atoms with Crippen molar-refractivity contribution < 1.29 is 9.18 Å². The van der Waals surface area contributed by atoms with Gasteiger partial charge in [-0.2, -0.15) is 0 Å². The number of halogens is 2. The number of hydrogen-bond acceptors (Lipinski definition) is 2. The molecule has 0 bridgehead atoms. The van der Waals surface area contributed by atoms with Crippen LogP contribution in [-0.4, -0.2) is 37.0 Å². The van der Waals surface area contributed by atoms with Crippen molar-refractivity contribution in [2.45, 2.75) is 18.9 Å². The van der Waals surface area contributed by atoms with E-state index < -0.39 is 5.82 Å². The molecule has 1 amide bonds. The van der Waals surface area contributed by atoms with E-state index in [9.17, 15) is 9.18 Å². The minimum atomic E-state index is -0.467. The zero-order chi connectivity index (χ0) is 13.1. The molecule has 0 saturated carbocycles. The molecule has 18 heavy (non-hydrogen) atoms. The molecule has 1 aromatic carbocycles. The molecule has 0 aliphatic carbocycles. The topological polar surface area (TPSA) is 32.3 Å². The minimum absolute atomic E-state index is 0.139. The Morgan fingerprint density at radius 3 is 2.67 bits per heavy atom. The van der Waals surface area contributed by atoms with Crippen molar-refractivity contribution in [2.24, 2.45) is 0 Å². The van der Waals surface area contributed by atoms with Gasteiger partial charge in [-0.3, -0.25) is 4.79 Å². The maximum Gasteiger partial charge on any atom is 0.257 e. The second kappa shape index (κ2) is 5.80. The predicted octanol–water partition coefficient (Wildman–Crippen LogP) is 2.41. The lowest BCUT2D eigenvalue weighted by atomic mass is 10.0. The first-order valence-corrected chi connectivity index (χ1v) is 6.83. The van der Waals surface area contributed by atoms with Crippen LogP contribution in [0.3, 0.4) is 0 Å². The average molecular weight is 315 g/mol. The molecule has 1 aliphatic rings. The third-order valence-corrected chi connectivity index (χ3v) is 4.03. The molecule has 0 aromatic heterocycles. The first-order valence-electron chi connectivity index (χ1n) is 6.04. The maximum atomic E-state index is 13.7. The molecule has 0 spiro atoms. The van der Waals surface area contributed by atoms with Crippen molar-refractivity contribution in [3.63, 3.8) is 0 Å². The van der Waals surface area contributed by atoms with Gasteiger partial charge in [0.25, 0.3) is 5.91 Å². The summed E-state index contributed by atoms with van der Waals surface area (Å²) < 4.78 is 14.2. The van der Waals surface area contributed by atoms with Gasteiger partial charge in [-0.05, 0) is 48.0 Å². The summed E-state index contributed by atoms with van der Waals surface area (Å²) in [5.74, 6) is -0.695. The number of carbonyl (C=O) groups excluding carboxylic acids is 1. The van der Waals surface area contributed by atoms with Gasteiger partial charge in [0, 0.05) is 23.6 Å². The summed E-state index contributed by atoms with van der Waals surface area (Å²) in [6.45, 7) is 1.34. The Labute approximate surface area is 114 Å². The molecule has 1 aromatic rings. The van der Waals surface area contributed by atoms with Crippen LogP contribution < -0.4 is 5.32 Å². The minimum Gasteiger partial charge on any atom is -0.338 e. The van der Waals surface area contributed by atoms with E-state index in [4.69, 9.17) is 0 Å². The maximum absolute atomic E-state index is 13.7. The second-order valence-electron chi connectivity index (χ2n) is 4.45. The molecule has 0 unspecified atom stereocenters. The molecular formula is C13H16BrFN2O. The zero-order valence-electron chi connectivity index (χ0n) is 10.2. The summed E-state index contributed by atoms with van der Waals surface area (Å²) in [4.78, 5) is 14.0. The number of rotatable bonds is 2. The lowest BCUT2D eigenvalue weighted by molar-refractivity contribution is 0.0701. The van der Waals surface area contributed by atoms with Crippen LogP contribution in [-0.2, 0) is 0 Å². The standard InChI is InChI=1S/C13H16BrFN2O/c1-16-9-5-7-17(8-6-9)13(18)12-10(14)3-2-4-11(12)15/h2-4,9,16H,5-8H2,1H3. The van der Waals surface area contributed by atoms with E-state index in [1.54, 1.807) is 17.0 Å². The highest BCUT2D eigenvalue weighted by atomic mass is 79.9. The molecule has 0 radical (unpaired) electrons. The van der Waals surface area contributed by atoms with Crippen molar-refractivity contribution in [1.82, 2.24) is 10.2 Å². The van der Waals surface area contributed by atoms with E-state index in [0.29, 0.717) is 23.6 Å². The van der Waals surface area contributed by atoms with Crippen LogP contribution in [0.1, 0.15) is 23.2 Å². The summed E-state index contributed by atoms with van der Waals surface area (Å²) in [5.41, 5.74) is 0.139. The smallest absolute Gasteiger partial charge is 0.257 e. The number of nitrogens with one attached hydrogen (secondary N) is 1. The number of hydrogen-bond donors (Lipinski definition) is 1. The lowest BCUT2D eigenvalue weighted by Gasteiger charge is -2.32. The molecule has 1 N–H and O–H groups in total. The van der Waals surface area contributed by atoms with Crippen LogP contribution in [0.15, 0.2) is 22.7 Å². The number of piperidine rings is 1. The molecule has 3 nitrogen and oxygen atoms in total. The SMILES string of the molecule is CNC1CCN(C(=O)c2c(F)cccc2Br)CC1. The van der Waals surface area contributed by atoms with Gasteiger partial charge in [0.2, 0.25) is 0 Å². The van der Waals surface area contributed by atoms with Crippen molar-refractivity contribution >= 4 is 21.8 Å². The van der Waals surface area contributed by atoms with E-state index in [2.05, 4.69) is 21.2 Å². The summed E-state index contributed by atoms with van der Waals surface area (Å²) >= 11 is 3.24. The fourth-order valence-corrected chi connectivity index (χ4v) is 2.74. The largest absolute Gasteiger partial charge is 0.338 e. The zero-order valence-corrected chi connectivity index (χ0v) is 11.8. The van der Waals surface area contributed by atoms with Crippen LogP contribution in [0.2, 0.25) is 0 Å². The van der Waals surface area contributed by atoms with E-state index in [1.807, 2.05) is 7.05 Å². The fraction of sp³-hybridized carbons (Fsp3) is 0.462. The molecule has 1 aliphatic heterocycles. The molecule has 98 valence electrons. The van der Waals surface area contributed by atoms with Crippen LogP contribution >= 0.6 is 15.9 Å². The Kier molecular flexibility index (Phi) is 4.35. The molecule has 1 fully saturated rings. The van der Waals surface area contributed by atoms with Crippen molar-refractivity contribution in [3.05, 3.63) is 34.1 Å². The Bertz CT molecular complexity index is 424. The van der Waals surface area contributed by atoms with E-state index in [-0.39, 0.29) is 11.5 Å². The first-order chi connectivity index (χ1) is 8.63. The average Bonchev–Trinajstić information content (AvgIpc) is 2.38. The van der Waals surface area contributed by atoms with Crippen molar-refractivity contribution in [3.8, 4) is 0 Å². The number of amides is 1. The number of likely N-dealkylation sites (tertiary alicyclic amines) is 1. The van der Waals surface area contributed by atoms with Gasteiger partial charge in [-0.25, -0.2) is 4.39 Å². The second-order valence-corrected chi connectivity index (χ2v) is 5.31. The summed E-state index contributed by atoms with van der Waals surface area (Å²) in [7, 11) is 1.93. The van der Waals surface area contributed by atoms with Crippen LogP contribution in [0, 0.1) is 5.82 Å². The van der Waals surface area contributed by atoms with E-state index in [1.165, 1.54) is 6.07 Å². The molecule has 2 rings (SSSR count). The van der Waals surface area contributed by atoms with Crippen molar-refractivity contribution in [1.29, 1.82) is 0 Å². The molecule has 1 saturated heterocycles. The van der Waals surface area contributed by atoms with Crippen LogP contribution in [0.4, 0.5) is 4.39 Å². The van der Waals surface area contributed by atoms with E-state index in [0.717, 1.165) is 12.8 Å². The monoisotopic (exact) mass is 314 g/mol. The molecule has 1 heterocycles. The van der Waals surface area contributed by atoms with Gasteiger partial charge < -0.3 is 10.2 Å². The number of benzene rings is 1. The summed E-state index contributed by atoms with van der Waals surface area (Å²) in [6, 6.07) is 5.05. The van der Waals surface area contributed by atoms with Crippen LogP contribution in [0.5, 0.6) is 0 Å². The van der Waals surface area contributed by atoms with Gasteiger partial charge >= 0.3 is 0 Å². The normalized spacial score (nSPS) is 16.9. The highest BCUT2D eigenvalue weighted by Crippen LogP contribution is 2.23. The van der Waals surface area contributed by atoms with Gasteiger partial charge in [-0.15, -0.1) is 0 Å². The highest BCUT2D eigenvalue weighted by Gasteiger charge is 2.25. The van der Waals surface area contributed by atoms with Crippen LogP contribution in [0.25, 0.3) is 0 Å². The number of carbonyl (C=O) groups is 1. The van der Waals surface area contributed by atoms with Crippen molar-refractivity contribution in [2.75, 3.05) is 20.1 Å². The fourth-order valence-electron chi connectivity index (χ4n) is 2.23. The molecule has 5 heteroatoms. The van der Waals surface area contributed by atoms with E-state index >= 15 is 0 Å². The Hall–Kier alpha value is -0.940. The Morgan fingerprint density at radius 1 is 1.44 bits per heavy atom. The van der Waals surface area contributed by atoms with Gasteiger partial charge in [0.1, 0.15) is 5.82 Å². The lowest BCUT2D eigenvalue weighted by Crippen LogP contribution is -2.44. The highest BCUT2D eigenvalue weighted by molar-refractivity contribution is 9.10. The summed E-state index contributed by atoms with van der Waals surface area (Å²) in [5, 5.41) is 3.20. The molecular weight excluding hydrogens is 299 g/mol. The Balaban J connectivity index is 2.13. The Morgan fingerprint density at radius 2 is 2.11 bits per heavy atom. The van der Waals surface area contributed by atoms with Gasteiger partial charge in [0.05, 0.1) is 5.56 Å². The third kappa shape index (κ3) is 2.72. The summed E-state index contributed by atoms with van der Waals surface area (Å²) in [6.07, 6.45) is 1.82. The van der Waals surface area contributed by atoms with Gasteiger partial charge in [-0.1, -0.05) is 6.07 Å². The van der Waals surface area contributed by atoms with Gasteiger partial charge in [0.15, 0.2) is 0 Å². The number of nitrogens with zero attached hydrogens (tertiary/aromatic N) is 1. The molecule has 0 atom stereocenters. The predicted molar refractivity (Wildman–Crippen MR) is 72.1 cm³/mol.